The summed E-state index contributed by atoms with van der Waals surface area (Å²) in [6.07, 6.45) is 1.06. The molecule has 1 heterocycles. The third-order valence-corrected chi connectivity index (χ3v) is 3.65. The highest BCUT2D eigenvalue weighted by atomic mass is 16.5. The van der Waals surface area contributed by atoms with E-state index < -0.39 is 17.3 Å². The van der Waals surface area contributed by atoms with Crippen molar-refractivity contribution in [2.24, 2.45) is 0 Å². The summed E-state index contributed by atoms with van der Waals surface area (Å²) in [5, 5.41) is 20.7. The zero-order chi connectivity index (χ0) is 17.5. The first-order valence-corrected chi connectivity index (χ1v) is 7.85. The molecule has 0 saturated heterocycles. The summed E-state index contributed by atoms with van der Waals surface area (Å²) >= 11 is 0. The molecule has 24 heavy (non-hydrogen) atoms. The van der Waals surface area contributed by atoms with Crippen molar-refractivity contribution in [2.75, 3.05) is 6.61 Å². The number of pyridine rings is 1. The SMILES string of the molecule is CCOC(=O)CCCn1ccc(=O)c(O)c1C(O)c1ccccc1. The van der Waals surface area contributed by atoms with E-state index in [1.54, 1.807) is 35.8 Å². The van der Waals surface area contributed by atoms with E-state index in [1.807, 2.05) is 6.07 Å². The van der Waals surface area contributed by atoms with Gasteiger partial charge in [0.2, 0.25) is 5.43 Å². The van der Waals surface area contributed by atoms with E-state index in [2.05, 4.69) is 0 Å². The van der Waals surface area contributed by atoms with Crippen LogP contribution in [0.5, 0.6) is 5.75 Å². The molecule has 0 spiro atoms. The quantitative estimate of drug-likeness (QED) is 0.757. The summed E-state index contributed by atoms with van der Waals surface area (Å²) in [4.78, 5) is 23.2. The van der Waals surface area contributed by atoms with Crippen LogP contribution in [0.3, 0.4) is 0 Å². The Balaban J connectivity index is 2.24. The van der Waals surface area contributed by atoms with Crippen LogP contribution >= 0.6 is 0 Å². The van der Waals surface area contributed by atoms with E-state index in [4.69, 9.17) is 4.74 Å². The Morgan fingerprint density at radius 3 is 2.62 bits per heavy atom. The van der Waals surface area contributed by atoms with E-state index in [-0.39, 0.29) is 18.1 Å². The van der Waals surface area contributed by atoms with Crippen molar-refractivity contribution in [2.45, 2.75) is 32.4 Å². The Kier molecular flexibility index (Phi) is 6.14. The molecule has 128 valence electrons. The molecule has 0 aliphatic carbocycles. The zero-order valence-corrected chi connectivity index (χ0v) is 13.5. The molecular weight excluding hydrogens is 310 g/mol. The number of benzene rings is 1. The van der Waals surface area contributed by atoms with Crippen molar-refractivity contribution in [3.05, 3.63) is 64.1 Å². The van der Waals surface area contributed by atoms with E-state index in [9.17, 15) is 19.8 Å². The first-order valence-electron chi connectivity index (χ1n) is 7.85. The van der Waals surface area contributed by atoms with Crippen LogP contribution in [0.25, 0.3) is 0 Å². The highest BCUT2D eigenvalue weighted by molar-refractivity contribution is 5.69. The Labute approximate surface area is 139 Å². The van der Waals surface area contributed by atoms with Crippen LogP contribution in [0.1, 0.15) is 37.1 Å². The number of hydrogen-bond acceptors (Lipinski definition) is 5. The van der Waals surface area contributed by atoms with E-state index >= 15 is 0 Å². The highest BCUT2D eigenvalue weighted by Crippen LogP contribution is 2.27. The summed E-state index contributed by atoms with van der Waals surface area (Å²) in [7, 11) is 0. The van der Waals surface area contributed by atoms with Crippen molar-refractivity contribution < 1.29 is 19.7 Å². The van der Waals surface area contributed by atoms with Gasteiger partial charge < -0.3 is 19.5 Å². The second-order valence-corrected chi connectivity index (χ2v) is 5.33. The fourth-order valence-electron chi connectivity index (χ4n) is 2.48. The molecule has 2 aromatic rings. The molecular formula is C18H21NO5. The number of carbonyl (C=O) groups excluding carboxylic acids is 1. The lowest BCUT2D eigenvalue weighted by molar-refractivity contribution is -0.143. The highest BCUT2D eigenvalue weighted by Gasteiger charge is 2.20. The fourth-order valence-corrected chi connectivity index (χ4v) is 2.48. The topological polar surface area (TPSA) is 88.8 Å². The molecule has 6 heteroatoms. The molecule has 1 aromatic heterocycles. The molecule has 0 amide bonds. The van der Waals surface area contributed by atoms with Gasteiger partial charge in [-0.05, 0) is 18.9 Å². The molecule has 1 atom stereocenters. The van der Waals surface area contributed by atoms with Gasteiger partial charge in [-0.25, -0.2) is 0 Å². The van der Waals surface area contributed by atoms with Crippen molar-refractivity contribution in [3.63, 3.8) is 0 Å². The largest absolute Gasteiger partial charge is 0.503 e. The lowest BCUT2D eigenvalue weighted by Crippen LogP contribution is -2.17. The number of rotatable bonds is 7. The van der Waals surface area contributed by atoms with Crippen molar-refractivity contribution in [1.29, 1.82) is 0 Å². The minimum Gasteiger partial charge on any atom is -0.503 e. The van der Waals surface area contributed by atoms with Gasteiger partial charge in [0.25, 0.3) is 0 Å². The van der Waals surface area contributed by atoms with E-state index in [1.165, 1.54) is 12.3 Å². The predicted molar refractivity (Wildman–Crippen MR) is 88.7 cm³/mol. The van der Waals surface area contributed by atoms with Crippen LogP contribution in [0, 0.1) is 0 Å². The summed E-state index contributed by atoms with van der Waals surface area (Å²) in [5.41, 5.74) is 0.136. The van der Waals surface area contributed by atoms with Gasteiger partial charge in [-0.15, -0.1) is 0 Å². The molecule has 1 aromatic carbocycles. The standard InChI is InChI=1S/C18H21NO5/c1-2-24-15(21)9-6-11-19-12-10-14(20)18(23)16(19)17(22)13-7-4-3-5-8-13/h3-5,7-8,10,12,17,22-23H,2,6,9,11H2,1H3. The summed E-state index contributed by atoms with van der Waals surface area (Å²) < 4.78 is 6.46. The van der Waals surface area contributed by atoms with Crippen LogP contribution in [0.2, 0.25) is 0 Å². The number of aliphatic hydroxyl groups is 1. The van der Waals surface area contributed by atoms with E-state index in [0.717, 1.165) is 0 Å². The van der Waals surface area contributed by atoms with Gasteiger partial charge in [0.05, 0.1) is 12.3 Å². The van der Waals surface area contributed by atoms with Gasteiger partial charge in [-0.1, -0.05) is 30.3 Å². The van der Waals surface area contributed by atoms with Gasteiger partial charge >= 0.3 is 5.97 Å². The first-order chi connectivity index (χ1) is 11.5. The molecule has 6 nitrogen and oxygen atoms in total. The fraction of sp³-hybridized carbons (Fsp3) is 0.333. The average Bonchev–Trinajstić information content (AvgIpc) is 2.59. The summed E-state index contributed by atoms with van der Waals surface area (Å²) in [5.74, 6) is -0.780. The Bertz CT molecular complexity index is 739. The van der Waals surface area contributed by atoms with Crippen LogP contribution in [-0.4, -0.2) is 27.4 Å². The van der Waals surface area contributed by atoms with Crippen molar-refractivity contribution >= 4 is 5.97 Å². The smallest absolute Gasteiger partial charge is 0.305 e. The third kappa shape index (κ3) is 4.23. The number of aromatic nitrogens is 1. The molecule has 1 unspecified atom stereocenters. The minimum absolute atomic E-state index is 0.123. The number of aryl methyl sites for hydroxylation is 1. The van der Waals surface area contributed by atoms with Crippen LogP contribution in [0.4, 0.5) is 0 Å². The number of hydrogen-bond donors (Lipinski definition) is 2. The van der Waals surface area contributed by atoms with Gasteiger partial charge in [-0.3, -0.25) is 9.59 Å². The molecule has 2 rings (SSSR count). The van der Waals surface area contributed by atoms with Crippen LogP contribution < -0.4 is 5.43 Å². The molecule has 0 bridgehead atoms. The normalized spacial score (nSPS) is 11.9. The number of esters is 1. The molecule has 0 aliphatic heterocycles. The van der Waals surface area contributed by atoms with Crippen LogP contribution in [0.15, 0.2) is 47.4 Å². The monoisotopic (exact) mass is 331 g/mol. The second kappa shape index (κ2) is 8.31. The molecule has 0 saturated carbocycles. The maximum atomic E-state index is 11.7. The summed E-state index contributed by atoms with van der Waals surface area (Å²) in [6, 6.07) is 10.0. The Morgan fingerprint density at radius 1 is 1.25 bits per heavy atom. The number of nitrogens with zero attached hydrogens (tertiary/aromatic N) is 1. The predicted octanol–water partition coefficient (Wildman–Crippen LogP) is 1.98. The van der Waals surface area contributed by atoms with Crippen LogP contribution in [-0.2, 0) is 16.1 Å². The van der Waals surface area contributed by atoms with Gasteiger partial charge in [0.15, 0.2) is 5.75 Å². The number of ether oxygens (including phenoxy) is 1. The maximum absolute atomic E-state index is 11.7. The first kappa shape index (κ1) is 17.7. The maximum Gasteiger partial charge on any atom is 0.305 e. The third-order valence-electron chi connectivity index (χ3n) is 3.65. The summed E-state index contributed by atoms with van der Waals surface area (Å²) in [6.45, 7) is 2.44. The molecule has 0 radical (unpaired) electrons. The minimum atomic E-state index is -1.14. The van der Waals surface area contributed by atoms with Gasteiger partial charge in [0, 0.05) is 25.2 Å². The Hall–Kier alpha value is -2.60. The Morgan fingerprint density at radius 2 is 1.96 bits per heavy atom. The number of carbonyl (C=O) groups is 1. The van der Waals surface area contributed by atoms with Gasteiger partial charge in [-0.2, -0.15) is 0 Å². The van der Waals surface area contributed by atoms with E-state index in [0.29, 0.717) is 25.1 Å². The molecule has 0 aliphatic rings. The molecule has 0 fully saturated rings. The number of aliphatic hydroxyl groups excluding tert-OH is 1. The number of aromatic hydroxyl groups is 1. The lowest BCUT2D eigenvalue weighted by atomic mass is 10.0. The lowest BCUT2D eigenvalue weighted by Gasteiger charge is -2.19. The second-order valence-electron chi connectivity index (χ2n) is 5.33. The van der Waals surface area contributed by atoms with Crippen molar-refractivity contribution in [3.8, 4) is 5.75 Å². The average molecular weight is 331 g/mol. The zero-order valence-electron chi connectivity index (χ0n) is 13.5. The van der Waals surface area contributed by atoms with Gasteiger partial charge in [0.1, 0.15) is 6.10 Å². The van der Waals surface area contributed by atoms with Crippen molar-refractivity contribution in [1.82, 2.24) is 4.57 Å². The molecule has 2 N–H and O–H groups in total.